The first kappa shape index (κ1) is 12.5. The first-order chi connectivity index (χ1) is 8.54. The Kier molecular flexibility index (Phi) is 3.13. The highest BCUT2D eigenvalue weighted by molar-refractivity contribution is 9.13. The minimum atomic E-state index is 0.482. The summed E-state index contributed by atoms with van der Waals surface area (Å²) in [6, 6.07) is 5.34. The van der Waals surface area contributed by atoms with Crippen molar-refractivity contribution < 1.29 is 4.42 Å². The van der Waals surface area contributed by atoms with Crippen molar-refractivity contribution in [2.75, 3.05) is 5.73 Å². The largest absolute Gasteiger partial charge is 0.435 e. The van der Waals surface area contributed by atoms with Crippen molar-refractivity contribution in [3.05, 3.63) is 31.5 Å². The van der Waals surface area contributed by atoms with E-state index in [4.69, 9.17) is 21.8 Å². The predicted octanol–water partition coefficient (Wildman–Crippen LogP) is 5.32. The van der Waals surface area contributed by atoms with Gasteiger partial charge in [-0.15, -0.1) is 11.3 Å². The Morgan fingerprint density at radius 1 is 1.28 bits per heavy atom. The van der Waals surface area contributed by atoms with E-state index >= 15 is 0 Å². The molecule has 1 aromatic carbocycles. The van der Waals surface area contributed by atoms with Gasteiger partial charge >= 0.3 is 0 Å². The van der Waals surface area contributed by atoms with Crippen LogP contribution in [0.25, 0.3) is 21.9 Å². The Balaban J connectivity index is 2.19. The molecule has 0 spiro atoms. The minimum Gasteiger partial charge on any atom is -0.435 e. The van der Waals surface area contributed by atoms with Crippen LogP contribution in [0.3, 0.4) is 0 Å². The van der Waals surface area contributed by atoms with Gasteiger partial charge in [-0.3, -0.25) is 0 Å². The molecule has 0 aliphatic carbocycles. The van der Waals surface area contributed by atoms with Gasteiger partial charge in [0.2, 0.25) is 5.89 Å². The molecule has 0 radical (unpaired) electrons. The van der Waals surface area contributed by atoms with Crippen molar-refractivity contribution in [2.45, 2.75) is 0 Å². The molecular formula is C11H5Br2ClN2OS. The van der Waals surface area contributed by atoms with E-state index in [9.17, 15) is 0 Å². The van der Waals surface area contributed by atoms with E-state index in [-0.39, 0.29) is 0 Å². The summed E-state index contributed by atoms with van der Waals surface area (Å²) in [7, 11) is 0. The van der Waals surface area contributed by atoms with Crippen molar-refractivity contribution in [1.29, 1.82) is 0 Å². The molecule has 0 saturated heterocycles. The van der Waals surface area contributed by atoms with Crippen LogP contribution in [-0.4, -0.2) is 4.98 Å². The van der Waals surface area contributed by atoms with Gasteiger partial charge in [-0.2, -0.15) is 0 Å². The molecule has 7 heteroatoms. The van der Waals surface area contributed by atoms with E-state index < -0.39 is 0 Å². The van der Waals surface area contributed by atoms with E-state index in [0.29, 0.717) is 27.7 Å². The minimum absolute atomic E-state index is 0.482. The number of oxazole rings is 1. The molecule has 2 N–H and O–H groups in total. The van der Waals surface area contributed by atoms with Gasteiger partial charge in [0.15, 0.2) is 5.58 Å². The van der Waals surface area contributed by atoms with Gasteiger partial charge in [0.25, 0.3) is 0 Å². The van der Waals surface area contributed by atoms with E-state index in [0.717, 1.165) is 13.1 Å². The number of anilines is 1. The maximum absolute atomic E-state index is 5.95. The molecule has 3 nitrogen and oxygen atoms in total. The monoisotopic (exact) mass is 406 g/mol. The molecule has 0 fully saturated rings. The highest BCUT2D eigenvalue weighted by atomic mass is 79.9. The number of thiophene rings is 1. The third-order valence-electron chi connectivity index (χ3n) is 2.36. The highest BCUT2D eigenvalue weighted by Gasteiger charge is 2.14. The zero-order valence-corrected chi connectivity index (χ0v) is 13.5. The molecule has 3 aromatic rings. The van der Waals surface area contributed by atoms with Crippen LogP contribution in [0.5, 0.6) is 0 Å². The van der Waals surface area contributed by atoms with Crippen LogP contribution in [0, 0.1) is 0 Å². The molecule has 3 rings (SSSR count). The zero-order chi connectivity index (χ0) is 12.9. The average Bonchev–Trinajstić information content (AvgIpc) is 2.84. The van der Waals surface area contributed by atoms with Crippen molar-refractivity contribution >= 4 is 71.6 Å². The normalized spacial score (nSPS) is 11.3. The van der Waals surface area contributed by atoms with Crippen molar-refractivity contribution in [2.24, 2.45) is 0 Å². The second-order valence-corrected chi connectivity index (χ2v) is 7.22. The van der Waals surface area contributed by atoms with Crippen LogP contribution in [-0.2, 0) is 0 Å². The summed E-state index contributed by atoms with van der Waals surface area (Å²) in [5.74, 6) is 0.558. The lowest BCUT2D eigenvalue weighted by Crippen LogP contribution is -1.84. The standard InChI is InChI=1S/C11H5Br2ClN2OS/c12-4-1-9(18-10(4)13)11-16-7-2-5(14)6(15)3-8(7)17-11/h1-3H,15H2. The zero-order valence-electron chi connectivity index (χ0n) is 8.71. The Morgan fingerprint density at radius 2 is 2.06 bits per heavy atom. The fourth-order valence-corrected chi connectivity index (χ4v) is 3.64. The lowest BCUT2D eigenvalue weighted by Gasteiger charge is -1.94. The van der Waals surface area contributed by atoms with Crippen LogP contribution in [0.15, 0.2) is 30.9 Å². The molecule has 0 unspecified atom stereocenters. The third kappa shape index (κ3) is 2.07. The smallest absolute Gasteiger partial charge is 0.237 e. The fourth-order valence-electron chi connectivity index (χ4n) is 1.52. The lowest BCUT2D eigenvalue weighted by molar-refractivity contribution is 0.622. The predicted molar refractivity (Wildman–Crippen MR) is 82.1 cm³/mol. The number of aromatic nitrogens is 1. The highest BCUT2D eigenvalue weighted by Crippen LogP contribution is 2.39. The van der Waals surface area contributed by atoms with Gasteiger partial charge in [-0.05, 0) is 44.0 Å². The molecule has 2 aromatic heterocycles. The van der Waals surface area contributed by atoms with E-state index in [1.54, 1.807) is 23.5 Å². The number of benzene rings is 1. The molecule has 0 aliphatic rings. The first-order valence-corrected chi connectivity index (χ1v) is 7.63. The van der Waals surface area contributed by atoms with Crippen LogP contribution < -0.4 is 5.73 Å². The molecule has 0 bridgehead atoms. The molecule has 0 amide bonds. The maximum atomic E-state index is 5.95. The number of hydrogen-bond acceptors (Lipinski definition) is 4. The molecule has 0 aliphatic heterocycles. The number of nitrogens with zero attached hydrogens (tertiary/aromatic N) is 1. The van der Waals surface area contributed by atoms with Gasteiger partial charge < -0.3 is 10.2 Å². The second kappa shape index (κ2) is 4.52. The van der Waals surface area contributed by atoms with Crippen LogP contribution in [0.4, 0.5) is 5.69 Å². The maximum Gasteiger partial charge on any atom is 0.237 e. The number of hydrogen-bond donors (Lipinski definition) is 1. The van der Waals surface area contributed by atoms with Crippen LogP contribution in [0.2, 0.25) is 5.02 Å². The number of fused-ring (bicyclic) bond motifs is 1. The summed E-state index contributed by atoms with van der Waals surface area (Å²) in [6.07, 6.45) is 0. The number of rotatable bonds is 1. The lowest BCUT2D eigenvalue weighted by atomic mass is 10.3. The Morgan fingerprint density at radius 3 is 2.72 bits per heavy atom. The molecule has 92 valence electrons. The van der Waals surface area contributed by atoms with Gasteiger partial charge in [-0.1, -0.05) is 11.6 Å². The topological polar surface area (TPSA) is 52.0 Å². The number of nitrogens with two attached hydrogens (primary N) is 1. The molecule has 2 heterocycles. The molecule has 0 atom stereocenters. The van der Waals surface area contributed by atoms with Gasteiger partial charge in [0.1, 0.15) is 5.52 Å². The van der Waals surface area contributed by atoms with Gasteiger partial charge in [0.05, 0.1) is 19.4 Å². The Bertz CT molecular complexity index is 694. The van der Waals surface area contributed by atoms with Crippen molar-refractivity contribution in [1.82, 2.24) is 4.98 Å². The van der Waals surface area contributed by atoms with E-state index in [1.165, 1.54) is 0 Å². The van der Waals surface area contributed by atoms with Crippen LogP contribution in [0.1, 0.15) is 0 Å². The Hall–Kier alpha value is -0.560. The van der Waals surface area contributed by atoms with E-state index in [1.807, 2.05) is 6.07 Å². The van der Waals surface area contributed by atoms with E-state index in [2.05, 4.69) is 36.8 Å². The quantitative estimate of drug-likeness (QED) is 0.555. The summed E-state index contributed by atoms with van der Waals surface area (Å²) >= 11 is 14.4. The van der Waals surface area contributed by atoms with Crippen LogP contribution >= 0.6 is 54.8 Å². The van der Waals surface area contributed by atoms with Gasteiger partial charge in [0, 0.05) is 10.5 Å². The molecular weight excluding hydrogens is 403 g/mol. The first-order valence-electron chi connectivity index (χ1n) is 4.85. The summed E-state index contributed by atoms with van der Waals surface area (Å²) in [5.41, 5.74) is 7.55. The summed E-state index contributed by atoms with van der Waals surface area (Å²) in [4.78, 5) is 5.33. The van der Waals surface area contributed by atoms with Crippen molar-refractivity contribution in [3.8, 4) is 10.8 Å². The fraction of sp³-hybridized carbons (Fsp3) is 0. The summed E-state index contributed by atoms with van der Waals surface area (Å²) in [5, 5.41) is 0.482. The van der Waals surface area contributed by atoms with Crippen molar-refractivity contribution in [3.63, 3.8) is 0 Å². The average molecular weight is 409 g/mol. The second-order valence-electron chi connectivity index (χ2n) is 3.59. The number of halogens is 3. The summed E-state index contributed by atoms with van der Waals surface area (Å²) < 4.78 is 7.65. The van der Waals surface area contributed by atoms with Gasteiger partial charge in [-0.25, -0.2) is 4.98 Å². The Labute approximate surface area is 128 Å². The molecule has 18 heavy (non-hydrogen) atoms. The SMILES string of the molecule is Nc1cc2oc(-c3cc(Br)c(Br)s3)nc2cc1Cl. The molecule has 0 saturated carbocycles. The third-order valence-corrected chi connectivity index (χ3v) is 5.93. The summed E-state index contributed by atoms with van der Waals surface area (Å²) in [6.45, 7) is 0. The number of nitrogen functional groups attached to an aromatic ring is 1.